The Labute approximate surface area is 176 Å². The minimum absolute atomic E-state index is 0.0126. The molecule has 0 radical (unpaired) electrons. The Morgan fingerprint density at radius 1 is 1.17 bits per heavy atom. The van der Waals surface area contributed by atoms with E-state index in [1.165, 1.54) is 6.42 Å². The fourth-order valence-electron chi connectivity index (χ4n) is 3.08. The van der Waals surface area contributed by atoms with Gasteiger partial charge in [-0.1, -0.05) is 11.6 Å². The number of ether oxygens (including phenoxy) is 1. The molecule has 1 fully saturated rings. The lowest BCUT2D eigenvalue weighted by atomic mass is 9.98. The molecule has 2 heterocycles. The van der Waals surface area contributed by atoms with Crippen LogP contribution in [0, 0.1) is 0 Å². The smallest absolute Gasteiger partial charge is 0.413 e. The molecule has 2 aromatic heterocycles. The Hall–Kier alpha value is -2.88. The van der Waals surface area contributed by atoms with E-state index in [1.54, 1.807) is 16.9 Å². The summed E-state index contributed by atoms with van der Waals surface area (Å²) < 4.78 is 7.06. The zero-order valence-corrected chi connectivity index (χ0v) is 17.7. The molecule has 0 unspecified atom stereocenters. The number of carbonyl (C=O) groups is 2. The molecule has 0 bridgehead atoms. The minimum Gasteiger partial charge on any atom is -0.446 e. The Morgan fingerprint density at radius 3 is 2.57 bits per heavy atom. The topological polar surface area (TPSA) is 124 Å². The van der Waals surface area contributed by atoms with Crippen LogP contribution in [0.15, 0.2) is 18.3 Å². The minimum atomic E-state index is -0.466. The first kappa shape index (κ1) is 23.4. The number of unbranched alkanes of at least 4 members (excludes halogenated alkanes) is 1. The predicted octanol–water partition coefficient (Wildman–Crippen LogP) is 2.62. The van der Waals surface area contributed by atoms with Crippen LogP contribution in [0.3, 0.4) is 0 Å². The summed E-state index contributed by atoms with van der Waals surface area (Å²) in [6.45, 7) is 0.695. The number of rotatable bonds is 8. The van der Waals surface area contributed by atoms with E-state index < -0.39 is 6.09 Å². The van der Waals surface area contributed by atoms with Crippen molar-refractivity contribution in [3.63, 3.8) is 0 Å². The average molecular weight is 418 g/mol. The highest BCUT2D eigenvalue weighted by Crippen LogP contribution is 2.20. The molecular formula is C20H31N7O3. The summed E-state index contributed by atoms with van der Waals surface area (Å²) in [7, 11) is 3.75. The number of aromatic nitrogens is 5. The largest absolute Gasteiger partial charge is 0.446 e. The summed E-state index contributed by atoms with van der Waals surface area (Å²) in [5.41, 5.74) is 1.19. The summed E-state index contributed by atoms with van der Waals surface area (Å²) in [6, 6.07) is 3.58. The number of amides is 1. The van der Waals surface area contributed by atoms with Gasteiger partial charge in [0.05, 0.1) is 11.9 Å². The molecule has 2 aromatic rings. The first-order chi connectivity index (χ1) is 14.6. The molecule has 2 N–H and O–H groups in total. The van der Waals surface area contributed by atoms with Crippen LogP contribution in [-0.4, -0.2) is 57.8 Å². The van der Waals surface area contributed by atoms with Gasteiger partial charge in [0.1, 0.15) is 11.8 Å². The van der Waals surface area contributed by atoms with Gasteiger partial charge in [0, 0.05) is 6.54 Å². The standard InChI is InChI=1S/C18H24N6O3.C2H7N/c25-13-15-12-24(23-21-15)11-5-4-6-14-9-10-17(22-20-14)19-18(26)27-16-7-2-1-3-8-16;1-3-2/h9-10,12-13,16H,1-8,11H2,(H,19,22,26);3H,1-2H3. The monoisotopic (exact) mass is 417 g/mol. The second kappa shape index (κ2) is 13.4. The summed E-state index contributed by atoms with van der Waals surface area (Å²) in [5, 5.41) is 21.1. The fraction of sp³-hybridized carbons (Fsp3) is 0.600. The van der Waals surface area contributed by atoms with Crippen molar-refractivity contribution in [1.29, 1.82) is 0 Å². The van der Waals surface area contributed by atoms with Crippen molar-refractivity contribution in [3.8, 4) is 0 Å². The quantitative estimate of drug-likeness (QED) is 0.496. The number of carbonyl (C=O) groups excluding carboxylic acids is 2. The maximum atomic E-state index is 11.9. The number of hydrogen-bond acceptors (Lipinski definition) is 8. The van der Waals surface area contributed by atoms with Gasteiger partial charge in [-0.15, -0.1) is 10.2 Å². The van der Waals surface area contributed by atoms with Gasteiger partial charge >= 0.3 is 6.09 Å². The molecule has 0 saturated heterocycles. The number of nitrogens with zero attached hydrogens (tertiary/aromatic N) is 5. The maximum absolute atomic E-state index is 11.9. The van der Waals surface area contributed by atoms with Crippen molar-refractivity contribution < 1.29 is 14.3 Å². The van der Waals surface area contributed by atoms with Crippen LogP contribution >= 0.6 is 0 Å². The number of aldehydes is 1. The first-order valence-electron chi connectivity index (χ1n) is 10.4. The van der Waals surface area contributed by atoms with Crippen molar-refractivity contribution in [2.45, 2.75) is 64.0 Å². The lowest BCUT2D eigenvalue weighted by Gasteiger charge is -2.21. The van der Waals surface area contributed by atoms with E-state index in [0.29, 0.717) is 24.3 Å². The first-order valence-corrected chi connectivity index (χ1v) is 10.4. The Balaban J connectivity index is 0.00000101. The highest BCUT2D eigenvalue weighted by Gasteiger charge is 2.17. The molecule has 30 heavy (non-hydrogen) atoms. The van der Waals surface area contributed by atoms with Crippen molar-refractivity contribution in [2.24, 2.45) is 0 Å². The molecule has 10 heteroatoms. The number of nitrogens with one attached hydrogen (secondary N) is 2. The van der Waals surface area contributed by atoms with Crippen LogP contribution < -0.4 is 10.6 Å². The van der Waals surface area contributed by atoms with E-state index in [1.807, 2.05) is 20.2 Å². The van der Waals surface area contributed by atoms with E-state index in [9.17, 15) is 9.59 Å². The van der Waals surface area contributed by atoms with E-state index in [4.69, 9.17) is 4.74 Å². The van der Waals surface area contributed by atoms with Crippen molar-refractivity contribution in [1.82, 2.24) is 30.5 Å². The Morgan fingerprint density at radius 2 is 1.93 bits per heavy atom. The van der Waals surface area contributed by atoms with E-state index >= 15 is 0 Å². The van der Waals surface area contributed by atoms with Gasteiger partial charge in [0.2, 0.25) is 0 Å². The number of anilines is 1. The van der Waals surface area contributed by atoms with Gasteiger partial charge in [-0.2, -0.15) is 5.10 Å². The summed E-state index contributed by atoms with van der Waals surface area (Å²) in [5.74, 6) is 0.392. The van der Waals surface area contributed by atoms with Crippen molar-refractivity contribution in [2.75, 3.05) is 19.4 Å². The van der Waals surface area contributed by atoms with Crippen molar-refractivity contribution >= 4 is 18.2 Å². The van der Waals surface area contributed by atoms with Crippen LogP contribution in [0.5, 0.6) is 0 Å². The van der Waals surface area contributed by atoms with Gasteiger partial charge in [0.15, 0.2) is 12.1 Å². The second-order valence-corrected chi connectivity index (χ2v) is 7.18. The molecular weight excluding hydrogens is 386 g/mol. The Kier molecular flexibility index (Phi) is 10.4. The highest BCUT2D eigenvalue weighted by atomic mass is 16.6. The molecule has 3 rings (SSSR count). The maximum Gasteiger partial charge on any atom is 0.413 e. The van der Waals surface area contributed by atoms with E-state index in [0.717, 1.165) is 50.6 Å². The van der Waals surface area contributed by atoms with E-state index in [2.05, 4.69) is 31.1 Å². The molecule has 1 amide bonds. The second-order valence-electron chi connectivity index (χ2n) is 7.18. The zero-order chi connectivity index (χ0) is 21.6. The third-order valence-corrected chi connectivity index (χ3v) is 4.52. The van der Waals surface area contributed by atoms with Gasteiger partial charge in [-0.25, -0.2) is 4.79 Å². The zero-order valence-electron chi connectivity index (χ0n) is 17.7. The van der Waals surface area contributed by atoms with E-state index in [-0.39, 0.29) is 6.10 Å². The summed E-state index contributed by atoms with van der Waals surface area (Å²) in [6.07, 6.45) is 9.72. The van der Waals surface area contributed by atoms with Crippen LogP contribution in [-0.2, 0) is 17.7 Å². The molecule has 0 aliphatic heterocycles. The van der Waals surface area contributed by atoms with Crippen LogP contribution in [0.2, 0.25) is 0 Å². The number of aryl methyl sites for hydroxylation is 2. The van der Waals surface area contributed by atoms with Gasteiger partial charge < -0.3 is 10.1 Å². The molecule has 0 atom stereocenters. The summed E-state index contributed by atoms with van der Waals surface area (Å²) >= 11 is 0. The highest BCUT2D eigenvalue weighted by molar-refractivity contribution is 5.83. The number of hydrogen-bond donors (Lipinski definition) is 2. The Bertz CT molecular complexity index is 758. The average Bonchev–Trinajstić information content (AvgIpc) is 3.22. The lowest BCUT2D eigenvalue weighted by Crippen LogP contribution is -2.24. The van der Waals surface area contributed by atoms with Gasteiger partial charge in [0.25, 0.3) is 0 Å². The molecule has 0 aromatic carbocycles. The fourth-order valence-corrected chi connectivity index (χ4v) is 3.08. The predicted molar refractivity (Wildman–Crippen MR) is 112 cm³/mol. The van der Waals surface area contributed by atoms with Crippen LogP contribution in [0.1, 0.15) is 61.1 Å². The molecule has 1 saturated carbocycles. The molecule has 1 aliphatic rings. The van der Waals surface area contributed by atoms with Crippen LogP contribution in [0.4, 0.5) is 10.6 Å². The molecule has 10 nitrogen and oxygen atoms in total. The summed E-state index contributed by atoms with van der Waals surface area (Å²) in [4.78, 5) is 22.5. The van der Waals surface area contributed by atoms with Gasteiger partial charge in [-0.3, -0.25) is 14.8 Å². The third kappa shape index (κ3) is 8.64. The van der Waals surface area contributed by atoms with Crippen molar-refractivity contribution in [3.05, 3.63) is 29.7 Å². The van der Waals surface area contributed by atoms with Crippen LogP contribution in [0.25, 0.3) is 0 Å². The molecule has 0 spiro atoms. The third-order valence-electron chi connectivity index (χ3n) is 4.52. The van der Waals surface area contributed by atoms with Gasteiger partial charge in [-0.05, 0) is 71.2 Å². The lowest BCUT2D eigenvalue weighted by molar-refractivity contribution is 0.0864. The SMILES string of the molecule is CNC.O=Cc1cn(CCCCc2ccc(NC(=O)OC3CCCCC3)nn2)nn1. The molecule has 1 aliphatic carbocycles. The molecule has 164 valence electrons. The normalized spacial score (nSPS) is 13.8.